The van der Waals surface area contributed by atoms with Crippen molar-refractivity contribution < 1.29 is 4.79 Å². The molecule has 0 saturated carbocycles. The predicted molar refractivity (Wildman–Crippen MR) is 52.0 cm³/mol. The second kappa shape index (κ2) is 6.47. The first-order valence-corrected chi connectivity index (χ1v) is 5.00. The highest BCUT2D eigenvalue weighted by Crippen LogP contribution is 2.13. The third-order valence-corrected chi connectivity index (χ3v) is 2.37. The van der Waals surface area contributed by atoms with E-state index in [-0.39, 0.29) is 5.78 Å². The summed E-state index contributed by atoms with van der Waals surface area (Å²) in [5.74, 6) is 1.29. The van der Waals surface area contributed by atoms with Crippen LogP contribution in [0.1, 0.15) is 27.2 Å². The molecule has 0 radical (unpaired) electrons. The van der Waals surface area contributed by atoms with Crippen molar-refractivity contribution in [3.8, 4) is 0 Å². The molecule has 11 heavy (non-hydrogen) atoms. The third-order valence-electron chi connectivity index (χ3n) is 1.27. The van der Waals surface area contributed by atoms with E-state index in [1.54, 1.807) is 13.0 Å². The number of hydrogen-bond acceptors (Lipinski definition) is 2. The number of allylic oxidation sites excluding steroid dienone is 2. The Morgan fingerprint density at radius 1 is 1.64 bits per heavy atom. The van der Waals surface area contributed by atoms with Crippen LogP contribution < -0.4 is 0 Å². The molecule has 64 valence electrons. The number of ketones is 1. The van der Waals surface area contributed by atoms with Gasteiger partial charge >= 0.3 is 0 Å². The van der Waals surface area contributed by atoms with Gasteiger partial charge in [0.25, 0.3) is 0 Å². The normalized spacial score (nSPS) is 13.7. The molecule has 0 saturated heterocycles. The molecule has 0 aromatic rings. The fraction of sp³-hybridized carbons (Fsp3) is 0.667. The average molecular weight is 172 g/mol. The van der Waals surface area contributed by atoms with Gasteiger partial charge in [0.15, 0.2) is 5.78 Å². The van der Waals surface area contributed by atoms with Gasteiger partial charge < -0.3 is 0 Å². The molecular weight excluding hydrogens is 156 g/mol. The largest absolute Gasteiger partial charge is 0.295 e. The Kier molecular flexibility index (Phi) is 6.33. The maximum Gasteiger partial charge on any atom is 0.152 e. The molecule has 0 spiro atoms. The Bertz CT molecular complexity index is 140. The van der Waals surface area contributed by atoms with E-state index >= 15 is 0 Å². The zero-order valence-electron chi connectivity index (χ0n) is 7.46. The van der Waals surface area contributed by atoms with Gasteiger partial charge in [-0.25, -0.2) is 0 Å². The number of hydrogen-bond donors (Lipinski definition) is 0. The summed E-state index contributed by atoms with van der Waals surface area (Å²) in [4.78, 5) is 10.5. The van der Waals surface area contributed by atoms with Gasteiger partial charge in [-0.2, -0.15) is 11.8 Å². The molecule has 0 aliphatic heterocycles. The van der Waals surface area contributed by atoms with Crippen LogP contribution >= 0.6 is 11.8 Å². The summed E-state index contributed by atoms with van der Waals surface area (Å²) in [6.07, 6.45) is 4.60. The first kappa shape index (κ1) is 10.8. The molecule has 2 heteroatoms. The third kappa shape index (κ3) is 7.66. The van der Waals surface area contributed by atoms with Gasteiger partial charge in [0.2, 0.25) is 0 Å². The van der Waals surface area contributed by atoms with Gasteiger partial charge in [-0.3, -0.25) is 4.79 Å². The van der Waals surface area contributed by atoms with Crippen LogP contribution in [0.2, 0.25) is 0 Å². The second-order valence-electron chi connectivity index (χ2n) is 2.51. The topological polar surface area (TPSA) is 17.1 Å². The van der Waals surface area contributed by atoms with E-state index in [0.717, 1.165) is 12.2 Å². The summed E-state index contributed by atoms with van der Waals surface area (Å²) < 4.78 is 0. The van der Waals surface area contributed by atoms with Gasteiger partial charge in [0.05, 0.1) is 0 Å². The van der Waals surface area contributed by atoms with Crippen molar-refractivity contribution in [3.63, 3.8) is 0 Å². The Hall–Kier alpha value is -0.240. The summed E-state index contributed by atoms with van der Waals surface area (Å²) in [6.45, 7) is 5.91. The lowest BCUT2D eigenvalue weighted by atomic mass is 10.3. The summed E-state index contributed by atoms with van der Waals surface area (Å²) in [7, 11) is 0. The molecule has 0 aromatic heterocycles. The summed E-state index contributed by atoms with van der Waals surface area (Å²) in [5, 5.41) is 0.635. The first-order chi connectivity index (χ1) is 5.16. The Morgan fingerprint density at radius 3 is 2.73 bits per heavy atom. The minimum absolute atomic E-state index is 0.138. The van der Waals surface area contributed by atoms with E-state index < -0.39 is 0 Å². The predicted octanol–water partition coefficient (Wildman–Crippen LogP) is 2.66. The van der Waals surface area contributed by atoms with Crippen LogP contribution in [-0.4, -0.2) is 16.8 Å². The second-order valence-corrected chi connectivity index (χ2v) is 4.23. The lowest BCUT2D eigenvalue weighted by Crippen LogP contribution is -1.94. The number of thioether (sulfide) groups is 1. The molecule has 0 aliphatic carbocycles. The Balaban J connectivity index is 3.44. The molecule has 0 rings (SSSR count). The van der Waals surface area contributed by atoms with Crippen LogP contribution in [0.25, 0.3) is 0 Å². The maximum absolute atomic E-state index is 10.5. The van der Waals surface area contributed by atoms with Gasteiger partial charge in [0, 0.05) is 5.25 Å². The van der Waals surface area contributed by atoms with Crippen LogP contribution in [0.15, 0.2) is 12.2 Å². The summed E-state index contributed by atoms with van der Waals surface area (Å²) >= 11 is 1.92. The molecule has 0 heterocycles. The Morgan fingerprint density at radius 2 is 2.27 bits per heavy atom. The minimum atomic E-state index is 0.138. The molecule has 0 amide bonds. The molecule has 0 unspecified atom stereocenters. The van der Waals surface area contributed by atoms with Gasteiger partial charge in [-0.05, 0) is 25.2 Å². The van der Waals surface area contributed by atoms with Crippen molar-refractivity contribution in [3.05, 3.63) is 12.2 Å². The van der Waals surface area contributed by atoms with Crippen LogP contribution in [-0.2, 0) is 4.79 Å². The van der Waals surface area contributed by atoms with Crippen molar-refractivity contribution in [2.24, 2.45) is 0 Å². The Labute approximate surface area is 73.3 Å². The fourth-order valence-corrected chi connectivity index (χ4v) is 1.59. The van der Waals surface area contributed by atoms with Crippen molar-refractivity contribution in [1.82, 2.24) is 0 Å². The average Bonchev–Trinajstić information content (AvgIpc) is 1.87. The molecule has 0 aliphatic rings. The molecule has 0 aromatic carbocycles. The van der Waals surface area contributed by atoms with E-state index in [1.165, 1.54) is 0 Å². The van der Waals surface area contributed by atoms with E-state index in [0.29, 0.717) is 5.25 Å². The summed E-state index contributed by atoms with van der Waals surface area (Å²) in [6, 6.07) is 0. The SMILES string of the molecule is CCS[C@@H](C)C/C=C/C(C)=O. The standard InChI is InChI=1S/C9H16OS/c1-4-11-9(3)7-5-6-8(2)10/h5-6,9H,4,7H2,1-3H3/b6-5+/t9-/m0/s1. The zero-order chi connectivity index (χ0) is 8.69. The monoisotopic (exact) mass is 172 g/mol. The van der Waals surface area contributed by atoms with Crippen molar-refractivity contribution >= 4 is 17.5 Å². The van der Waals surface area contributed by atoms with Crippen LogP contribution in [0.4, 0.5) is 0 Å². The highest BCUT2D eigenvalue weighted by Gasteiger charge is 1.96. The summed E-state index contributed by atoms with van der Waals surface area (Å²) in [5.41, 5.74) is 0. The lowest BCUT2D eigenvalue weighted by Gasteiger charge is -2.04. The van der Waals surface area contributed by atoms with Crippen LogP contribution in [0.3, 0.4) is 0 Å². The molecular formula is C9H16OS. The molecule has 0 bridgehead atoms. The molecule has 1 nitrogen and oxygen atoms in total. The quantitative estimate of drug-likeness (QED) is 0.593. The highest BCUT2D eigenvalue weighted by molar-refractivity contribution is 7.99. The van der Waals surface area contributed by atoms with Crippen LogP contribution in [0.5, 0.6) is 0 Å². The van der Waals surface area contributed by atoms with E-state index in [1.807, 2.05) is 17.8 Å². The zero-order valence-corrected chi connectivity index (χ0v) is 8.28. The van der Waals surface area contributed by atoms with Gasteiger partial charge in [0.1, 0.15) is 0 Å². The number of rotatable bonds is 5. The van der Waals surface area contributed by atoms with Crippen molar-refractivity contribution in [2.75, 3.05) is 5.75 Å². The van der Waals surface area contributed by atoms with Gasteiger partial charge in [-0.15, -0.1) is 0 Å². The lowest BCUT2D eigenvalue weighted by molar-refractivity contribution is -0.112. The van der Waals surface area contributed by atoms with E-state index in [2.05, 4.69) is 13.8 Å². The molecule has 0 N–H and O–H groups in total. The fourth-order valence-electron chi connectivity index (χ4n) is 0.778. The first-order valence-electron chi connectivity index (χ1n) is 3.95. The van der Waals surface area contributed by atoms with E-state index in [4.69, 9.17) is 0 Å². The highest BCUT2D eigenvalue weighted by atomic mass is 32.2. The molecule has 0 fully saturated rings. The maximum atomic E-state index is 10.5. The minimum Gasteiger partial charge on any atom is -0.295 e. The number of carbonyl (C=O) groups excluding carboxylic acids is 1. The number of carbonyl (C=O) groups is 1. The molecule has 1 atom stereocenters. The van der Waals surface area contributed by atoms with Crippen LogP contribution in [0, 0.1) is 0 Å². The smallest absolute Gasteiger partial charge is 0.152 e. The van der Waals surface area contributed by atoms with Crippen molar-refractivity contribution in [2.45, 2.75) is 32.4 Å². The van der Waals surface area contributed by atoms with Crippen molar-refractivity contribution in [1.29, 1.82) is 0 Å². The van der Waals surface area contributed by atoms with E-state index in [9.17, 15) is 4.79 Å². The van der Waals surface area contributed by atoms with Gasteiger partial charge in [-0.1, -0.05) is 19.9 Å².